The zero-order valence-corrected chi connectivity index (χ0v) is 11.2. The third-order valence-electron chi connectivity index (χ3n) is 4.47. The fourth-order valence-electron chi connectivity index (χ4n) is 2.93. The Balaban J connectivity index is 1.94. The standard InChI is InChI=1S/C15H21NO2/c1-3-18-13-5-4-12(8-11(13)2)14(9-17-10-14)15(16)6-7-15/h4-5,8H,3,6-7,9-10,16H2,1-2H3. The Bertz CT molecular complexity index is 462. The minimum Gasteiger partial charge on any atom is -0.494 e. The zero-order chi connectivity index (χ0) is 12.8. The molecule has 1 saturated heterocycles. The Morgan fingerprint density at radius 1 is 1.33 bits per heavy atom. The van der Waals surface area contributed by atoms with E-state index in [1.807, 2.05) is 6.92 Å². The van der Waals surface area contributed by atoms with E-state index in [2.05, 4.69) is 25.1 Å². The summed E-state index contributed by atoms with van der Waals surface area (Å²) in [6, 6.07) is 6.45. The summed E-state index contributed by atoms with van der Waals surface area (Å²) in [6.45, 7) is 6.33. The van der Waals surface area contributed by atoms with Crippen LogP contribution in [0, 0.1) is 6.92 Å². The highest BCUT2D eigenvalue weighted by atomic mass is 16.5. The summed E-state index contributed by atoms with van der Waals surface area (Å²) in [5.74, 6) is 0.971. The Kier molecular flexibility index (Phi) is 2.65. The summed E-state index contributed by atoms with van der Waals surface area (Å²) >= 11 is 0. The Morgan fingerprint density at radius 2 is 2.06 bits per heavy atom. The number of benzene rings is 1. The first-order valence-corrected chi connectivity index (χ1v) is 6.72. The van der Waals surface area contributed by atoms with E-state index in [4.69, 9.17) is 15.2 Å². The van der Waals surface area contributed by atoms with Crippen LogP contribution in [0.25, 0.3) is 0 Å². The zero-order valence-electron chi connectivity index (χ0n) is 11.2. The highest BCUT2D eigenvalue weighted by Gasteiger charge is 2.61. The molecule has 1 saturated carbocycles. The lowest BCUT2D eigenvalue weighted by molar-refractivity contribution is -0.0786. The lowest BCUT2D eigenvalue weighted by Crippen LogP contribution is -2.60. The van der Waals surface area contributed by atoms with Crippen molar-refractivity contribution >= 4 is 0 Å². The lowest BCUT2D eigenvalue weighted by Gasteiger charge is -2.47. The number of nitrogens with two attached hydrogens (primary N) is 1. The van der Waals surface area contributed by atoms with E-state index in [0.717, 1.165) is 31.8 Å². The van der Waals surface area contributed by atoms with Crippen molar-refractivity contribution in [2.45, 2.75) is 37.6 Å². The first kappa shape index (κ1) is 12.0. The van der Waals surface area contributed by atoms with Gasteiger partial charge in [-0.25, -0.2) is 0 Å². The van der Waals surface area contributed by atoms with Crippen LogP contribution in [-0.2, 0) is 10.2 Å². The molecule has 0 unspecified atom stereocenters. The second kappa shape index (κ2) is 3.97. The van der Waals surface area contributed by atoms with Crippen LogP contribution < -0.4 is 10.5 Å². The van der Waals surface area contributed by atoms with E-state index < -0.39 is 0 Å². The largest absolute Gasteiger partial charge is 0.494 e. The van der Waals surface area contributed by atoms with Crippen LogP contribution in [0.1, 0.15) is 30.9 Å². The van der Waals surface area contributed by atoms with Crippen LogP contribution in [0.3, 0.4) is 0 Å². The van der Waals surface area contributed by atoms with Crippen molar-refractivity contribution in [2.24, 2.45) is 5.73 Å². The van der Waals surface area contributed by atoms with Crippen molar-refractivity contribution < 1.29 is 9.47 Å². The van der Waals surface area contributed by atoms with Crippen LogP contribution >= 0.6 is 0 Å². The van der Waals surface area contributed by atoms with Crippen LogP contribution in [0.4, 0.5) is 0 Å². The lowest BCUT2D eigenvalue weighted by atomic mass is 9.70. The van der Waals surface area contributed by atoms with Crippen molar-refractivity contribution in [3.63, 3.8) is 0 Å². The summed E-state index contributed by atoms with van der Waals surface area (Å²) in [4.78, 5) is 0. The molecule has 3 nitrogen and oxygen atoms in total. The van der Waals surface area contributed by atoms with Crippen LogP contribution in [-0.4, -0.2) is 25.4 Å². The van der Waals surface area contributed by atoms with Gasteiger partial charge in [-0.15, -0.1) is 0 Å². The van der Waals surface area contributed by atoms with Gasteiger partial charge in [-0.1, -0.05) is 12.1 Å². The highest BCUT2D eigenvalue weighted by molar-refractivity contribution is 5.44. The van der Waals surface area contributed by atoms with Crippen LogP contribution in [0.5, 0.6) is 5.75 Å². The van der Waals surface area contributed by atoms with Crippen molar-refractivity contribution in [3.8, 4) is 5.75 Å². The maximum atomic E-state index is 6.45. The molecule has 0 bridgehead atoms. The van der Waals surface area contributed by atoms with Gasteiger partial charge in [-0.2, -0.15) is 0 Å². The SMILES string of the molecule is CCOc1ccc(C2(C3(N)CC3)COC2)cc1C. The molecule has 0 atom stereocenters. The van der Waals surface area contributed by atoms with E-state index >= 15 is 0 Å². The Morgan fingerprint density at radius 3 is 2.50 bits per heavy atom. The third-order valence-corrected chi connectivity index (χ3v) is 4.47. The van der Waals surface area contributed by atoms with Gasteiger partial charge >= 0.3 is 0 Å². The molecule has 1 aromatic rings. The molecule has 3 rings (SSSR count). The molecule has 3 heteroatoms. The molecular formula is C15H21NO2. The molecule has 18 heavy (non-hydrogen) atoms. The number of ether oxygens (including phenoxy) is 2. The molecular weight excluding hydrogens is 226 g/mol. The number of hydrogen-bond donors (Lipinski definition) is 1. The van der Waals surface area contributed by atoms with Gasteiger partial charge in [-0.05, 0) is 43.9 Å². The smallest absolute Gasteiger partial charge is 0.122 e. The molecule has 0 spiro atoms. The molecule has 0 amide bonds. The first-order chi connectivity index (χ1) is 8.61. The summed E-state index contributed by atoms with van der Waals surface area (Å²) < 4.78 is 11.1. The molecule has 1 heterocycles. The maximum absolute atomic E-state index is 6.45. The molecule has 1 aliphatic heterocycles. The number of rotatable bonds is 4. The summed E-state index contributed by atoms with van der Waals surface area (Å²) in [7, 11) is 0. The summed E-state index contributed by atoms with van der Waals surface area (Å²) in [6.07, 6.45) is 2.23. The highest BCUT2D eigenvalue weighted by Crippen LogP contribution is 2.53. The van der Waals surface area contributed by atoms with Crippen molar-refractivity contribution in [2.75, 3.05) is 19.8 Å². The first-order valence-electron chi connectivity index (χ1n) is 6.72. The maximum Gasteiger partial charge on any atom is 0.122 e. The Hall–Kier alpha value is -1.06. The quantitative estimate of drug-likeness (QED) is 0.886. The predicted molar refractivity (Wildman–Crippen MR) is 71.0 cm³/mol. The van der Waals surface area contributed by atoms with Gasteiger partial charge in [-0.3, -0.25) is 0 Å². The molecule has 0 radical (unpaired) electrons. The molecule has 0 aromatic heterocycles. The molecule has 2 aliphatic rings. The van der Waals surface area contributed by atoms with E-state index in [1.165, 1.54) is 11.1 Å². The second-order valence-electron chi connectivity index (χ2n) is 5.64. The molecule has 2 N–H and O–H groups in total. The van der Waals surface area contributed by atoms with E-state index in [-0.39, 0.29) is 11.0 Å². The minimum absolute atomic E-state index is 0.0369. The second-order valence-corrected chi connectivity index (χ2v) is 5.64. The van der Waals surface area contributed by atoms with Crippen molar-refractivity contribution in [1.29, 1.82) is 0 Å². The van der Waals surface area contributed by atoms with Crippen LogP contribution in [0.15, 0.2) is 18.2 Å². The number of aryl methyl sites for hydroxylation is 1. The van der Waals surface area contributed by atoms with Crippen LogP contribution in [0.2, 0.25) is 0 Å². The fraction of sp³-hybridized carbons (Fsp3) is 0.600. The molecule has 98 valence electrons. The van der Waals surface area contributed by atoms with Gasteiger partial charge in [0.05, 0.1) is 25.2 Å². The van der Waals surface area contributed by atoms with Crippen molar-refractivity contribution in [1.82, 2.24) is 0 Å². The van der Waals surface area contributed by atoms with Gasteiger partial charge in [0.15, 0.2) is 0 Å². The van der Waals surface area contributed by atoms with Gasteiger partial charge < -0.3 is 15.2 Å². The predicted octanol–water partition coefficient (Wildman–Crippen LogP) is 2.15. The molecule has 1 aliphatic carbocycles. The van der Waals surface area contributed by atoms with Crippen molar-refractivity contribution in [3.05, 3.63) is 29.3 Å². The molecule has 2 fully saturated rings. The minimum atomic E-state index is -0.0369. The molecule has 1 aromatic carbocycles. The topological polar surface area (TPSA) is 44.5 Å². The van der Waals surface area contributed by atoms with E-state index in [1.54, 1.807) is 0 Å². The Labute approximate surface area is 108 Å². The van der Waals surface area contributed by atoms with Gasteiger partial charge in [0.1, 0.15) is 5.75 Å². The van der Waals surface area contributed by atoms with E-state index in [0.29, 0.717) is 6.61 Å². The van der Waals surface area contributed by atoms with Gasteiger partial charge in [0.2, 0.25) is 0 Å². The third kappa shape index (κ3) is 1.57. The van der Waals surface area contributed by atoms with Gasteiger partial charge in [0.25, 0.3) is 0 Å². The average molecular weight is 247 g/mol. The van der Waals surface area contributed by atoms with E-state index in [9.17, 15) is 0 Å². The average Bonchev–Trinajstić information content (AvgIpc) is 3.00. The number of hydrogen-bond acceptors (Lipinski definition) is 3. The summed E-state index contributed by atoms with van der Waals surface area (Å²) in [5.41, 5.74) is 8.96. The van der Waals surface area contributed by atoms with Gasteiger partial charge in [0, 0.05) is 5.54 Å². The fourth-order valence-corrected chi connectivity index (χ4v) is 2.93. The normalized spacial score (nSPS) is 23.3. The monoisotopic (exact) mass is 247 g/mol. The summed E-state index contributed by atoms with van der Waals surface area (Å²) in [5, 5.41) is 0.